The highest BCUT2D eigenvalue weighted by molar-refractivity contribution is 6.01. The number of aliphatic hydroxyl groups is 4. The SMILES string of the molecule is CC[C@@]1(O)C(=O)OCc2c1cc1n(c2=O)Cc2c-1nc1cc(F)c(C)c3c1c2[C@@H](NC(=O)OCc1ccc(O[C@@H]2O[C@H](C(=O)O)[C@@H](O)[C@H](O)[C@H]2O)c(CNC(=O)CCNC(=O)[C@H](CCCCNC(=O)CCOCCOCCOCCOCCOCCOCCOCCOCCOCCOCCOCCOC)NC(=O)CCCCC(=O)N2Cc4ccccc4-c4nnn(C(C)C)c4-c4ccccc42)c1)CC3. The lowest BCUT2D eigenvalue weighted by Crippen LogP contribution is -2.61. The summed E-state index contributed by atoms with van der Waals surface area (Å²) < 4.78 is 107. The number of aromatic nitrogens is 5. The number of aliphatic carboxylic acids is 1. The third-order valence-corrected chi connectivity index (χ3v) is 24.4. The van der Waals surface area contributed by atoms with Crippen LogP contribution < -0.4 is 41.8 Å². The molecule has 764 valence electrons. The normalized spacial score (nSPS) is 18.0. The molecule has 42 heteroatoms. The van der Waals surface area contributed by atoms with Crippen molar-refractivity contribution >= 4 is 64.2 Å². The van der Waals surface area contributed by atoms with Gasteiger partial charge in [0.25, 0.3) is 5.56 Å². The second-order valence-corrected chi connectivity index (χ2v) is 34.4. The Morgan fingerprint density at radius 1 is 0.621 bits per heavy atom. The fourth-order valence-electron chi connectivity index (χ4n) is 17.0. The van der Waals surface area contributed by atoms with Crippen LogP contribution in [-0.4, -0.2) is 307 Å². The number of alkyl carbamates (subject to hydrolysis) is 1. The van der Waals surface area contributed by atoms with Gasteiger partial charge >= 0.3 is 18.0 Å². The van der Waals surface area contributed by atoms with Gasteiger partial charge in [-0.2, -0.15) is 0 Å². The molecular formula is C98H130FN11O30. The van der Waals surface area contributed by atoms with E-state index in [-0.39, 0.29) is 168 Å². The second kappa shape index (κ2) is 54.8. The zero-order chi connectivity index (χ0) is 99.5. The maximum absolute atomic E-state index is 15.8. The van der Waals surface area contributed by atoms with Crippen LogP contribution in [0.4, 0.5) is 14.9 Å². The number of pyridine rings is 2. The Balaban J connectivity index is 0.591. The van der Waals surface area contributed by atoms with Gasteiger partial charge in [-0.1, -0.05) is 60.7 Å². The first-order valence-corrected chi connectivity index (χ1v) is 47.7. The Morgan fingerprint density at radius 2 is 1.22 bits per heavy atom. The van der Waals surface area contributed by atoms with E-state index in [4.69, 9.17) is 80.8 Å². The van der Waals surface area contributed by atoms with Gasteiger partial charge in [-0.15, -0.1) is 5.10 Å². The van der Waals surface area contributed by atoms with Crippen molar-refractivity contribution in [2.24, 2.45) is 0 Å². The largest absolute Gasteiger partial charge is 0.479 e. The minimum Gasteiger partial charge on any atom is -0.479 e. The maximum atomic E-state index is 15.8. The van der Waals surface area contributed by atoms with Crippen LogP contribution in [-0.2, 0) is 149 Å². The number of unbranched alkanes of at least 4 members (excludes halogenated alkanes) is 2. The predicted octanol–water partition coefficient (Wildman–Crippen LogP) is 5.44. The number of hydrogen-bond donors (Lipinski definition) is 10. The lowest BCUT2D eigenvalue weighted by atomic mass is 9.81. The number of carbonyl (C=O) groups excluding carboxylic acids is 7. The van der Waals surface area contributed by atoms with Gasteiger partial charge in [-0.25, -0.2) is 28.4 Å². The number of esters is 1. The van der Waals surface area contributed by atoms with E-state index < -0.39 is 102 Å². The summed E-state index contributed by atoms with van der Waals surface area (Å²) in [5.41, 5.74) is 5.61. The number of hydrogen-bond acceptors (Lipinski definition) is 32. The molecule has 1 fully saturated rings. The van der Waals surface area contributed by atoms with E-state index in [2.05, 4.69) is 36.9 Å². The predicted molar refractivity (Wildman–Crippen MR) is 500 cm³/mol. The molecule has 0 bridgehead atoms. The third-order valence-electron chi connectivity index (χ3n) is 24.4. The topological polar surface area (TPSA) is 514 Å². The molecule has 6 amide bonds. The number of cyclic esters (lactones) is 1. The average Bonchev–Trinajstić information content (AvgIpc) is 1.53. The molecule has 5 aliphatic rings. The molecule has 3 aromatic heterocycles. The number of aryl methyl sites for hydroxylation is 1. The number of benzene rings is 4. The van der Waals surface area contributed by atoms with Crippen molar-refractivity contribution in [3.63, 3.8) is 0 Å². The summed E-state index contributed by atoms with van der Waals surface area (Å²) in [5, 5.41) is 77.6. The number of carboxylic acid groups (broad SMARTS) is 1. The number of fused-ring (bicyclic) bond motifs is 10. The molecule has 41 nitrogen and oxygen atoms in total. The standard InChI is InChI=1S/C98H130FN11O30/c1-6-98(124)71-54-77-85-69(58-109(77)93(119)70(71)60-137-96(98)122)84-73(24-23-66-62(4)72(99)55-75(104-85)83(66)84)105-97(123)138-59-63-22-25-78(139-95-90(117)88(115)89(116)91(140-95)94(120)121)65(53-63)56-102-79(111)26-29-101-92(118)74(103-81(113)20-11-12-21-82(114)108-57-64-15-7-8-16-67(64)86-87(110(61(2)3)107-106-86)68-17-9-10-19-76(68)108)18-13-14-28-100-80(112)27-30-126-33-34-128-37-38-130-41-42-132-45-46-134-49-50-136-52-51-135-48-47-133-44-43-131-40-39-129-36-35-127-32-31-125-5/h7-10,15-17,19,22,25,53-55,61,73-74,88-91,95,115-117,124H,6,11-14,18,20-21,23-24,26-52,56-60H2,1-5H3,(H,100,112)(H,101,118)(H,102,111)(H,103,113)(H,105,123)(H,120,121)/t73-,74-,88-,89-,90+,91-,95+,98-/m0/s1. The number of methoxy groups -OCH3 is 1. The van der Waals surface area contributed by atoms with Crippen LogP contribution in [0, 0.1) is 12.7 Å². The Bertz CT molecular complexity index is 5370. The molecule has 12 rings (SSSR count). The van der Waals surface area contributed by atoms with E-state index >= 15 is 4.39 Å². The summed E-state index contributed by atoms with van der Waals surface area (Å²) in [6.45, 7) is 15.8. The zero-order valence-electron chi connectivity index (χ0n) is 79.8. The number of amides is 6. The fourth-order valence-corrected chi connectivity index (χ4v) is 17.0. The number of nitrogens with zero attached hydrogens (tertiary/aromatic N) is 6. The number of ether oxygens (including phenoxy) is 16. The Labute approximate surface area is 809 Å². The van der Waals surface area contributed by atoms with Gasteiger partial charge in [0, 0.05) is 97.7 Å². The fraction of sp³-hybridized carbons (Fsp3) is 0.571. The molecule has 140 heavy (non-hydrogen) atoms. The Kier molecular flexibility index (Phi) is 42.2. The minimum atomic E-state index is -2.12. The third kappa shape index (κ3) is 29.4. The summed E-state index contributed by atoms with van der Waals surface area (Å²) in [6.07, 6.45) is -9.23. The number of rotatable bonds is 61. The number of aliphatic hydroxyl groups excluding tert-OH is 3. The van der Waals surface area contributed by atoms with Crippen molar-refractivity contribution in [3.05, 3.63) is 145 Å². The summed E-state index contributed by atoms with van der Waals surface area (Å²) in [7, 11) is 1.63. The molecule has 7 heterocycles. The summed E-state index contributed by atoms with van der Waals surface area (Å²) >= 11 is 0. The Hall–Kier alpha value is -11.0. The number of carbonyl (C=O) groups is 8. The average molecular weight is 1960 g/mol. The molecule has 10 N–H and O–H groups in total. The molecular weight excluding hydrogens is 1830 g/mol. The highest BCUT2D eigenvalue weighted by atomic mass is 19.1. The molecule has 4 aromatic carbocycles. The van der Waals surface area contributed by atoms with Gasteiger partial charge in [0.05, 0.1) is 205 Å². The van der Waals surface area contributed by atoms with Gasteiger partial charge in [-0.3, -0.25) is 28.8 Å². The molecule has 0 saturated carbocycles. The zero-order valence-corrected chi connectivity index (χ0v) is 79.8. The minimum absolute atomic E-state index is 0.0304. The monoisotopic (exact) mass is 1960 g/mol. The van der Waals surface area contributed by atoms with Gasteiger partial charge in [-0.05, 0) is 124 Å². The van der Waals surface area contributed by atoms with Gasteiger partial charge < -0.3 is 137 Å². The van der Waals surface area contributed by atoms with E-state index in [0.29, 0.717) is 202 Å². The van der Waals surface area contributed by atoms with Crippen LogP contribution >= 0.6 is 0 Å². The van der Waals surface area contributed by atoms with E-state index in [0.717, 1.165) is 22.4 Å². The van der Waals surface area contributed by atoms with Crippen molar-refractivity contribution in [2.45, 2.75) is 192 Å². The van der Waals surface area contributed by atoms with Gasteiger partial charge in [0.2, 0.25) is 35.8 Å². The first-order valence-electron chi connectivity index (χ1n) is 47.7. The number of para-hydroxylation sites is 1. The van der Waals surface area contributed by atoms with E-state index in [9.17, 15) is 68.7 Å². The van der Waals surface area contributed by atoms with Crippen molar-refractivity contribution in [2.75, 3.05) is 177 Å². The molecule has 0 spiro atoms. The molecule has 7 aromatic rings. The lowest BCUT2D eigenvalue weighted by Gasteiger charge is -2.38. The van der Waals surface area contributed by atoms with Crippen LogP contribution in [0.15, 0.2) is 83.7 Å². The van der Waals surface area contributed by atoms with E-state index in [1.807, 2.05) is 67.1 Å². The van der Waals surface area contributed by atoms with Crippen LogP contribution in [0.25, 0.3) is 44.8 Å². The number of halogens is 1. The lowest BCUT2D eigenvalue weighted by molar-refractivity contribution is -0.271. The quantitative estimate of drug-likeness (QED) is 0.0168. The number of anilines is 1. The highest BCUT2D eigenvalue weighted by Crippen LogP contribution is 2.47. The van der Waals surface area contributed by atoms with Gasteiger partial charge in [0.15, 0.2) is 11.7 Å². The summed E-state index contributed by atoms with van der Waals surface area (Å²) in [6, 6.07) is 20.5. The van der Waals surface area contributed by atoms with Crippen LogP contribution in [0.1, 0.15) is 154 Å². The Morgan fingerprint density at radius 3 is 1.84 bits per heavy atom. The first-order chi connectivity index (χ1) is 67.9. The van der Waals surface area contributed by atoms with Crippen molar-refractivity contribution < 1.29 is 144 Å². The van der Waals surface area contributed by atoms with Crippen molar-refractivity contribution in [3.8, 4) is 39.7 Å². The van der Waals surface area contributed by atoms with Crippen LogP contribution in [0.3, 0.4) is 0 Å². The smallest absolute Gasteiger partial charge is 0.407 e. The molecule has 4 aliphatic heterocycles. The van der Waals surface area contributed by atoms with Crippen molar-refractivity contribution in [1.29, 1.82) is 0 Å². The van der Waals surface area contributed by atoms with Crippen LogP contribution in [0.5, 0.6) is 5.75 Å². The first kappa shape index (κ1) is 108. The van der Waals surface area contributed by atoms with Gasteiger partial charge in [0.1, 0.15) is 54.8 Å². The second-order valence-electron chi connectivity index (χ2n) is 34.4. The molecule has 0 radical (unpaired) electrons. The summed E-state index contributed by atoms with van der Waals surface area (Å²) in [5.74, 6) is -5.38. The van der Waals surface area contributed by atoms with E-state index in [1.54, 1.807) is 25.9 Å². The molecule has 1 saturated heterocycles. The molecule has 0 unspecified atom stereocenters. The molecule has 8 atom stereocenters. The van der Waals surface area contributed by atoms with Crippen LogP contribution in [0.2, 0.25) is 0 Å². The molecule has 1 aliphatic carbocycles. The summed E-state index contributed by atoms with van der Waals surface area (Å²) in [4.78, 5) is 130. The maximum Gasteiger partial charge on any atom is 0.407 e. The number of carboxylic acids is 1. The van der Waals surface area contributed by atoms with E-state index in [1.165, 1.54) is 34.9 Å². The number of nitrogens with one attached hydrogen (secondary N) is 5. The highest BCUT2D eigenvalue weighted by Gasteiger charge is 2.50. The van der Waals surface area contributed by atoms with Crippen molar-refractivity contribution in [1.82, 2.24) is 51.1 Å².